The molecular formula is C16H31NO2. The summed E-state index contributed by atoms with van der Waals surface area (Å²) in [6.07, 6.45) is 7.62. The molecule has 1 atom stereocenters. The van der Waals surface area contributed by atoms with E-state index in [1.54, 1.807) is 0 Å². The van der Waals surface area contributed by atoms with Crippen LogP contribution in [0.1, 0.15) is 59.8 Å². The van der Waals surface area contributed by atoms with Crippen molar-refractivity contribution in [3.05, 3.63) is 11.8 Å². The number of ether oxygens (including phenoxy) is 2. The summed E-state index contributed by atoms with van der Waals surface area (Å²) >= 11 is 0. The van der Waals surface area contributed by atoms with Crippen LogP contribution in [0.15, 0.2) is 11.8 Å². The molecule has 0 aromatic rings. The summed E-state index contributed by atoms with van der Waals surface area (Å²) in [5, 5.41) is 3.65. The minimum absolute atomic E-state index is 0.146. The van der Waals surface area contributed by atoms with Gasteiger partial charge in [-0.3, -0.25) is 0 Å². The van der Waals surface area contributed by atoms with Crippen LogP contribution in [-0.2, 0) is 9.47 Å². The van der Waals surface area contributed by atoms with Crippen LogP contribution in [0.4, 0.5) is 0 Å². The second-order valence-electron chi connectivity index (χ2n) is 5.19. The second kappa shape index (κ2) is 8.60. The van der Waals surface area contributed by atoms with E-state index < -0.39 is 0 Å². The molecule has 0 saturated carbocycles. The number of hydrogen-bond donors (Lipinski definition) is 1. The fraction of sp³-hybridized carbons (Fsp3) is 0.875. The summed E-state index contributed by atoms with van der Waals surface area (Å²) in [7, 11) is 0. The van der Waals surface area contributed by atoms with E-state index in [-0.39, 0.29) is 11.6 Å². The molecule has 112 valence electrons. The average molecular weight is 269 g/mol. The molecule has 3 nitrogen and oxygen atoms in total. The minimum Gasteiger partial charge on any atom is -0.496 e. The van der Waals surface area contributed by atoms with Crippen LogP contribution in [0.3, 0.4) is 0 Å². The van der Waals surface area contributed by atoms with Gasteiger partial charge in [0.2, 0.25) is 0 Å². The van der Waals surface area contributed by atoms with Crippen LogP contribution in [0, 0.1) is 0 Å². The van der Waals surface area contributed by atoms with Crippen LogP contribution < -0.4 is 5.32 Å². The Balaban J connectivity index is 2.94. The molecule has 1 unspecified atom stereocenters. The molecule has 0 radical (unpaired) electrons. The quantitative estimate of drug-likeness (QED) is 0.693. The van der Waals surface area contributed by atoms with Crippen molar-refractivity contribution in [3.8, 4) is 0 Å². The summed E-state index contributed by atoms with van der Waals surface area (Å²) in [6, 6.07) is 0.183. The normalized spacial score (nSPS) is 17.8. The maximum atomic E-state index is 6.16. The van der Waals surface area contributed by atoms with Gasteiger partial charge in [-0.15, -0.1) is 0 Å². The highest BCUT2D eigenvalue weighted by molar-refractivity contribution is 5.13. The lowest BCUT2D eigenvalue weighted by Crippen LogP contribution is -2.54. The Morgan fingerprint density at radius 2 is 2.05 bits per heavy atom. The molecule has 1 aliphatic rings. The Kier molecular flexibility index (Phi) is 7.47. The van der Waals surface area contributed by atoms with Gasteiger partial charge in [-0.2, -0.15) is 0 Å². The predicted octanol–water partition coefficient (Wildman–Crippen LogP) is 3.64. The Hall–Kier alpha value is -0.540. The molecule has 19 heavy (non-hydrogen) atoms. The van der Waals surface area contributed by atoms with Crippen LogP contribution in [0.2, 0.25) is 0 Å². The molecule has 0 bridgehead atoms. The van der Waals surface area contributed by atoms with Gasteiger partial charge in [0, 0.05) is 6.61 Å². The molecule has 0 aliphatic carbocycles. The third-order valence-electron chi connectivity index (χ3n) is 4.00. The summed E-state index contributed by atoms with van der Waals surface area (Å²) in [4.78, 5) is 0. The molecule has 0 fully saturated rings. The van der Waals surface area contributed by atoms with Gasteiger partial charge in [0.25, 0.3) is 0 Å². The lowest BCUT2D eigenvalue weighted by Gasteiger charge is -2.41. The highest BCUT2D eigenvalue weighted by atomic mass is 16.5. The SMILES string of the molecule is CCCNC(C1=CCCCO1)C(CC)(CC)OCC. The van der Waals surface area contributed by atoms with Gasteiger partial charge < -0.3 is 14.8 Å². The van der Waals surface area contributed by atoms with Gasteiger partial charge in [0.05, 0.1) is 18.2 Å². The van der Waals surface area contributed by atoms with E-state index in [2.05, 4.69) is 39.1 Å². The van der Waals surface area contributed by atoms with Gasteiger partial charge >= 0.3 is 0 Å². The van der Waals surface area contributed by atoms with Gasteiger partial charge in [-0.05, 0) is 51.6 Å². The topological polar surface area (TPSA) is 30.5 Å². The van der Waals surface area contributed by atoms with Crippen molar-refractivity contribution in [3.63, 3.8) is 0 Å². The van der Waals surface area contributed by atoms with Crippen molar-refractivity contribution >= 4 is 0 Å². The zero-order valence-electron chi connectivity index (χ0n) is 13.1. The van der Waals surface area contributed by atoms with Crippen LogP contribution in [0.5, 0.6) is 0 Å². The smallest absolute Gasteiger partial charge is 0.112 e. The first-order valence-corrected chi connectivity index (χ1v) is 7.94. The van der Waals surface area contributed by atoms with Crippen molar-refractivity contribution < 1.29 is 9.47 Å². The molecule has 0 saturated heterocycles. The Morgan fingerprint density at radius 3 is 2.53 bits per heavy atom. The highest BCUT2D eigenvalue weighted by Crippen LogP contribution is 2.31. The second-order valence-corrected chi connectivity index (χ2v) is 5.19. The van der Waals surface area contributed by atoms with Crippen molar-refractivity contribution in [2.45, 2.75) is 71.4 Å². The Morgan fingerprint density at radius 1 is 1.32 bits per heavy atom. The molecule has 1 heterocycles. The Bertz CT molecular complexity index is 272. The molecule has 0 aromatic heterocycles. The average Bonchev–Trinajstić information content (AvgIpc) is 2.47. The largest absolute Gasteiger partial charge is 0.496 e. The number of hydrogen-bond acceptors (Lipinski definition) is 3. The lowest BCUT2D eigenvalue weighted by molar-refractivity contribution is -0.0754. The van der Waals surface area contributed by atoms with Crippen LogP contribution in [0.25, 0.3) is 0 Å². The van der Waals surface area contributed by atoms with Crippen LogP contribution in [-0.4, -0.2) is 31.4 Å². The molecule has 0 spiro atoms. The summed E-state index contributed by atoms with van der Waals surface area (Å²) in [6.45, 7) is 11.3. The maximum absolute atomic E-state index is 6.16. The summed E-state index contributed by atoms with van der Waals surface area (Å²) in [5.74, 6) is 1.09. The van der Waals surface area contributed by atoms with Crippen molar-refractivity contribution in [1.82, 2.24) is 5.32 Å². The van der Waals surface area contributed by atoms with E-state index in [0.29, 0.717) is 0 Å². The van der Waals surface area contributed by atoms with Gasteiger partial charge in [0.15, 0.2) is 0 Å². The molecule has 1 N–H and O–H groups in total. The van der Waals surface area contributed by atoms with Crippen molar-refractivity contribution in [1.29, 1.82) is 0 Å². The highest BCUT2D eigenvalue weighted by Gasteiger charge is 2.39. The van der Waals surface area contributed by atoms with Gasteiger partial charge in [0.1, 0.15) is 5.76 Å². The monoisotopic (exact) mass is 269 g/mol. The third-order valence-corrected chi connectivity index (χ3v) is 4.00. The minimum atomic E-state index is -0.146. The zero-order chi connectivity index (χ0) is 14.1. The number of allylic oxidation sites excluding steroid dienone is 1. The van der Waals surface area contributed by atoms with E-state index in [4.69, 9.17) is 9.47 Å². The number of rotatable bonds is 9. The maximum Gasteiger partial charge on any atom is 0.112 e. The molecular weight excluding hydrogens is 238 g/mol. The first-order valence-electron chi connectivity index (χ1n) is 7.94. The fourth-order valence-electron chi connectivity index (χ4n) is 2.85. The fourth-order valence-corrected chi connectivity index (χ4v) is 2.85. The molecule has 0 aromatic carbocycles. The third kappa shape index (κ3) is 4.22. The molecule has 1 aliphatic heterocycles. The standard InChI is InChI=1S/C16H31NO2/c1-5-12-17-15(14-11-9-10-13-18-14)16(6-2,7-3)19-8-4/h11,15,17H,5-10,12-13H2,1-4H3. The van der Waals surface area contributed by atoms with E-state index in [9.17, 15) is 0 Å². The van der Waals surface area contributed by atoms with E-state index in [1.807, 2.05) is 0 Å². The molecule has 0 amide bonds. The van der Waals surface area contributed by atoms with Crippen molar-refractivity contribution in [2.75, 3.05) is 19.8 Å². The van der Waals surface area contributed by atoms with Crippen LogP contribution >= 0.6 is 0 Å². The Labute approximate surface area is 118 Å². The lowest BCUT2D eigenvalue weighted by atomic mass is 9.85. The summed E-state index contributed by atoms with van der Waals surface area (Å²) < 4.78 is 12.1. The first kappa shape index (κ1) is 16.5. The van der Waals surface area contributed by atoms with Gasteiger partial charge in [-0.1, -0.05) is 20.8 Å². The predicted molar refractivity (Wildman–Crippen MR) is 80.3 cm³/mol. The molecule has 3 heteroatoms. The van der Waals surface area contributed by atoms with Crippen molar-refractivity contribution in [2.24, 2.45) is 0 Å². The van der Waals surface area contributed by atoms with E-state index >= 15 is 0 Å². The number of nitrogens with one attached hydrogen (secondary N) is 1. The molecule has 1 rings (SSSR count). The zero-order valence-corrected chi connectivity index (χ0v) is 13.1. The first-order chi connectivity index (χ1) is 9.24. The summed E-state index contributed by atoms with van der Waals surface area (Å²) in [5.41, 5.74) is -0.146. The van der Waals surface area contributed by atoms with Gasteiger partial charge in [-0.25, -0.2) is 0 Å². The van der Waals surface area contributed by atoms with E-state index in [0.717, 1.165) is 57.6 Å². The van der Waals surface area contributed by atoms with E-state index in [1.165, 1.54) is 0 Å².